The first-order valence-electron chi connectivity index (χ1n) is 6.98. The molecule has 0 heterocycles. The van der Waals surface area contributed by atoms with Crippen molar-refractivity contribution in [2.24, 2.45) is 0 Å². The average molecular weight is 226 g/mol. The van der Waals surface area contributed by atoms with E-state index in [0.29, 0.717) is 5.56 Å². The number of carbonyl (C=O) groups excluding carboxylic acids is 1. The van der Waals surface area contributed by atoms with Crippen LogP contribution in [0.15, 0.2) is 42.5 Å². The summed E-state index contributed by atoms with van der Waals surface area (Å²) in [6, 6.07) is 13.4. The Morgan fingerprint density at radius 3 is 2.88 bits per heavy atom. The van der Waals surface area contributed by atoms with Gasteiger partial charge in [-0.05, 0) is 40.8 Å². The van der Waals surface area contributed by atoms with Gasteiger partial charge in [-0.2, -0.15) is 0 Å². The minimum Gasteiger partial charge on any atom is -0.355 e. The van der Waals surface area contributed by atoms with Crippen molar-refractivity contribution in [3.8, 4) is 11.1 Å². The minimum absolute atomic E-state index is 0.372. The van der Waals surface area contributed by atoms with Gasteiger partial charge < -0.3 is 5.32 Å². The van der Waals surface area contributed by atoms with Crippen LogP contribution in [-0.4, -0.2) is 12.9 Å². The lowest BCUT2D eigenvalue weighted by Crippen LogP contribution is -2.17. The number of benzene rings is 2. The van der Waals surface area contributed by atoms with Crippen molar-refractivity contribution < 1.29 is 8.91 Å². The highest BCUT2D eigenvalue weighted by Crippen LogP contribution is 2.36. The molecule has 2 aromatic carbocycles. The van der Waals surface area contributed by atoms with E-state index in [1.807, 2.05) is 29.6 Å². The normalized spacial score (nSPS) is 15.2. The van der Waals surface area contributed by atoms with E-state index in [1.54, 1.807) is 12.1 Å². The van der Waals surface area contributed by atoms with Gasteiger partial charge in [-0.15, -0.1) is 0 Å². The number of nitrogens with one attached hydrogen (secondary N) is 1. The van der Waals surface area contributed by atoms with Crippen LogP contribution in [0.2, 0.25) is 0 Å². The molecule has 0 spiro atoms. The van der Waals surface area contributed by atoms with E-state index in [4.69, 9.17) is 4.11 Å². The van der Waals surface area contributed by atoms with Gasteiger partial charge in [0.25, 0.3) is 5.91 Å². The zero-order chi connectivity index (χ0) is 14.3. The molecule has 0 atom stereocenters. The average Bonchev–Trinajstić information content (AvgIpc) is 2.74. The maximum Gasteiger partial charge on any atom is 0.251 e. The van der Waals surface area contributed by atoms with Gasteiger partial charge in [-0.1, -0.05) is 30.3 Å². The molecule has 0 radical (unpaired) electrons. The van der Waals surface area contributed by atoms with E-state index in [2.05, 4.69) is 6.07 Å². The number of fused-ring (bicyclic) bond motifs is 3. The summed E-state index contributed by atoms with van der Waals surface area (Å²) < 4.78 is 21.2. The van der Waals surface area contributed by atoms with Crippen molar-refractivity contribution in [3.05, 3.63) is 59.2 Å². The van der Waals surface area contributed by atoms with Crippen LogP contribution in [0.1, 0.15) is 25.6 Å². The van der Waals surface area contributed by atoms with Crippen LogP contribution in [-0.2, 0) is 6.42 Å². The molecule has 0 aliphatic heterocycles. The molecule has 0 saturated carbocycles. The van der Waals surface area contributed by atoms with E-state index in [0.717, 1.165) is 23.1 Å². The predicted octanol–water partition coefficient (Wildman–Crippen LogP) is 2.62. The first-order chi connectivity index (χ1) is 9.44. The molecule has 1 amide bonds. The summed E-state index contributed by atoms with van der Waals surface area (Å²) in [7, 11) is 0. The number of hydrogen-bond acceptors (Lipinski definition) is 1. The standard InChI is InChI=1S/C15H13NO/c1-16-15(17)12-7-6-11-8-10-4-2-3-5-13(10)14(11)9-12/h2-7,9H,8H2,1H3,(H,16,17)/i1D3. The Bertz CT molecular complexity index is 692. The fraction of sp³-hybridized carbons (Fsp3) is 0.133. The number of rotatable bonds is 1. The van der Waals surface area contributed by atoms with E-state index in [1.165, 1.54) is 5.56 Å². The van der Waals surface area contributed by atoms with E-state index in [9.17, 15) is 4.79 Å². The van der Waals surface area contributed by atoms with Crippen LogP contribution in [0.25, 0.3) is 11.1 Å². The summed E-state index contributed by atoms with van der Waals surface area (Å²) in [6.07, 6.45) is 0.854. The van der Waals surface area contributed by atoms with Crippen LogP contribution in [0.4, 0.5) is 0 Å². The second kappa shape index (κ2) is 3.74. The highest BCUT2D eigenvalue weighted by atomic mass is 16.1. The molecule has 0 unspecified atom stereocenters. The predicted molar refractivity (Wildman–Crippen MR) is 68.1 cm³/mol. The molecular formula is C15H13NO. The summed E-state index contributed by atoms with van der Waals surface area (Å²) >= 11 is 0. The molecule has 1 aliphatic carbocycles. The molecular weight excluding hydrogens is 210 g/mol. The lowest BCUT2D eigenvalue weighted by molar-refractivity contribution is 0.0963. The second-order valence-electron chi connectivity index (χ2n) is 4.16. The molecule has 1 N–H and O–H groups in total. The number of amides is 1. The first-order valence-corrected chi connectivity index (χ1v) is 5.48. The summed E-state index contributed by atoms with van der Waals surface area (Å²) in [5, 5.41) is 2.01. The maximum atomic E-state index is 11.9. The van der Waals surface area contributed by atoms with Crippen LogP contribution >= 0.6 is 0 Å². The summed E-state index contributed by atoms with van der Waals surface area (Å²) in [5.74, 6) is -0.572. The monoisotopic (exact) mass is 226 g/mol. The zero-order valence-electron chi connectivity index (χ0n) is 12.2. The molecule has 0 bridgehead atoms. The van der Waals surface area contributed by atoms with E-state index < -0.39 is 12.9 Å². The van der Waals surface area contributed by atoms with Crippen LogP contribution < -0.4 is 5.32 Å². The van der Waals surface area contributed by atoms with Gasteiger partial charge in [0.1, 0.15) is 0 Å². The van der Waals surface area contributed by atoms with E-state index >= 15 is 0 Å². The minimum atomic E-state index is -2.46. The molecule has 0 fully saturated rings. The fourth-order valence-electron chi connectivity index (χ4n) is 2.34. The molecule has 2 aromatic rings. The Hall–Kier alpha value is -2.09. The molecule has 2 heteroatoms. The molecule has 2 nitrogen and oxygen atoms in total. The van der Waals surface area contributed by atoms with Crippen molar-refractivity contribution in [2.45, 2.75) is 6.42 Å². The highest BCUT2D eigenvalue weighted by molar-refractivity contribution is 5.96. The molecule has 17 heavy (non-hydrogen) atoms. The van der Waals surface area contributed by atoms with Gasteiger partial charge in [-0.3, -0.25) is 4.79 Å². The SMILES string of the molecule is [2H]C([2H])([2H])NC(=O)c1ccc2c(c1)-c1ccccc1C2. The van der Waals surface area contributed by atoms with E-state index in [-0.39, 0.29) is 0 Å². The van der Waals surface area contributed by atoms with Gasteiger partial charge in [0.15, 0.2) is 0 Å². The summed E-state index contributed by atoms with van der Waals surface area (Å²) in [4.78, 5) is 11.9. The molecule has 0 aromatic heterocycles. The Kier molecular flexibility index (Phi) is 1.60. The van der Waals surface area contributed by atoms with Gasteiger partial charge in [0.05, 0.1) is 0 Å². The third-order valence-electron chi connectivity index (χ3n) is 3.17. The van der Waals surface area contributed by atoms with Crippen molar-refractivity contribution in [2.75, 3.05) is 6.98 Å². The molecule has 1 aliphatic rings. The maximum absolute atomic E-state index is 11.9. The van der Waals surface area contributed by atoms with Gasteiger partial charge in [0.2, 0.25) is 0 Å². The fourth-order valence-corrected chi connectivity index (χ4v) is 2.34. The van der Waals surface area contributed by atoms with Crippen LogP contribution in [0.5, 0.6) is 0 Å². The Morgan fingerprint density at radius 2 is 2.00 bits per heavy atom. The largest absolute Gasteiger partial charge is 0.355 e. The Morgan fingerprint density at radius 1 is 1.18 bits per heavy atom. The van der Waals surface area contributed by atoms with Crippen molar-refractivity contribution >= 4 is 5.91 Å². The van der Waals surface area contributed by atoms with Gasteiger partial charge in [-0.25, -0.2) is 0 Å². The third kappa shape index (κ3) is 1.53. The lowest BCUT2D eigenvalue weighted by Gasteiger charge is -2.04. The van der Waals surface area contributed by atoms with Crippen molar-refractivity contribution in [3.63, 3.8) is 0 Å². The van der Waals surface area contributed by atoms with Crippen LogP contribution in [0.3, 0.4) is 0 Å². The molecule has 3 rings (SSSR count). The van der Waals surface area contributed by atoms with Gasteiger partial charge in [0, 0.05) is 16.7 Å². The zero-order valence-corrected chi connectivity index (χ0v) is 9.16. The topological polar surface area (TPSA) is 29.1 Å². The summed E-state index contributed by atoms with van der Waals surface area (Å²) in [5.41, 5.74) is 4.90. The molecule has 84 valence electrons. The second-order valence-corrected chi connectivity index (χ2v) is 4.16. The van der Waals surface area contributed by atoms with Gasteiger partial charge >= 0.3 is 0 Å². The summed E-state index contributed by atoms with van der Waals surface area (Å²) in [6.45, 7) is -2.46. The quantitative estimate of drug-likeness (QED) is 0.679. The van der Waals surface area contributed by atoms with Crippen molar-refractivity contribution in [1.29, 1.82) is 0 Å². The van der Waals surface area contributed by atoms with Crippen LogP contribution in [0, 0.1) is 0 Å². The number of carbonyl (C=O) groups is 1. The molecule has 0 saturated heterocycles. The Balaban J connectivity index is 1.98. The van der Waals surface area contributed by atoms with Crippen molar-refractivity contribution in [1.82, 2.24) is 5.32 Å². The third-order valence-corrected chi connectivity index (χ3v) is 3.17. The number of hydrogen-bond donors (Lipinski definition) is 1. The first kappa shape index (κ1) is 7.28. The highest BCUT2D eigenvalue weighted by Gasteiger charge is 2.18. The Labute approximate surface area is 105 Å². The lowest BCUT2D eigenvalue weighted by atomic mass is 10.0. The smallest absolute Gasteiger partial charge is 0.251 e.